The number of benzene rings is 3. The van der Waals surface area contributed by atoms with Crippen LogP contribution in [0.5, 0.6) is 0 Å². The lowest BCUT2D eigenvalue weighted by molar-refractivity contribution is -0.133. The zero-order valence-corrected chi connectivity index (χ0v) is 24.4. The summed E-state index contributed by atoms with van der Waals surface area (Å²) in [7, 11) is -4.10. The molecule has 2 aliphatic heterocycles. The molecule has 3 amide bonds. The highest BCUT2D eigenvalue weighted by Gasteiger charge is 2.45. The highest BCUT2D eigenvalue weighted by molar-refractivity contribution is 7.89. The first kappa shape index (κ1) is 28.3. The van der Waals surface area contributed by atoms with Crippen LogP contribution in [-0.2, 0) is 14.8 Å². The van der Waals surface area contributed by atoms with Crippen molar-refractivity contribution in [3.05, 3.63) is 105 Å². The van der Waals surface area contributed by atoms with Gasteiger partial charge in [0.1, 0.15) is 6.54 Å². The predicted molar refractivity (Wildman–Crippen MR) is 158 cm³/mol. The molecular formula is C30H24Cl2N4O5S. The van der Waals surface area contributed by atoms with Gasteiger partial charge in [-0.15, -0.1) is 0 Å². The van der Waals surface area contributed by atoms with Gasteiger partial charge in [0, 0.05) is 16.0 Å². The Bertz CT molecular complexity index is 1800. The fourth-order valence-electron chi connectivity index (χ4n) is 5.76. The number of hydrogen-bond donors (Lipinski definition) is 1. The second-order valence-electron chi connectivity index (χ2n) is 10.4. The van der Waals surface area contributed by atoms with E-state index < -0.39 is 40.3 Å². The van der Waals surface area contributed by atoms with Crippen molar-refractivity contribution in [1.82, 2.24) is 9.91 Å². The maximum absolute atomic E-state index is 13.9. The molecule has 2 unspecified atom stereocenters. The summed E-state index contributed by atoms with van der Waals surface area (Å²) in [5, 5.41) is 12.5. The minimum atomic E-state index is -4.10. The molecule has 0 radical (unpaired) electrons. The van der Waals surface area contributed by atoms with Gasteiger partial charge in [-0.25, -0.2) is 18.6 Å². The Hall–Kier alpha value is -3.83. The second-order valence-corrected chi connectivity index (χ2v) is 12.8. The number of hydrazone groups is 1. The molecule has 3 aromatic rings. The highest BCUT2D eigenvalue weighted by Crippen LogP contribution is 2.45. The molecule has 6 rings (SSSR count). The van der Waals surface area contributed by atoms with Gasteiger partial charge in [0.25, 0.3) is 17.7 Å². The molecule has 12 heteroatoms. The topological polar surface area (TPSA) is 130 Å². The van der Waals surface area contributed by atoms with Gasteiger partial charge in [-0.2, -0.15) is 5.10 Å². The Morgan fingerprint density at radius 3 is 2.26 bits per heavy atom. The van der Waals surface area contributed by atoms with Crippen LogP contribution in [0.1, 0.15) is 57.1 Å². The van der Waals surface area contributed by atoms with Gasteiger partial charge in [-0.05, 0) is 84.5 Å². The van der Waals surface area contributed by atoms with Gasteiger partial charge in [0.05, 0.1) is 27.8 Å². The van der Waals surface area contributed by atoms with Gasteiger partial charge in [0.15, 0.2) is 0 Å². The molecule has 2 heterocycles. The quantitative estimate of drug-likeness (QED) is 0.397. The van der Waals surface area contributed by atoms with Gasteiger partial charge >= 0.3 is 0 Å². The fourth-order valence-corrected chi connectivity index (χ4v) is 6.55. The Balaban J connectivity index is 1.34. The lowest BCUT2D eigenvalue weighted by Crippen LogP contribution is -2.41. The summed E-state index contributed by atoms with van der Waals surface area (Å²) in [6.45, 7) is -0.569. The van der Waals surface area contributed by atoms with Crippen LogP contribution in [0.4, 0.5) is 0 Å². The predicted octanol–water partition coefficient (Wildman–Crippen LogP) is 5.06. The average molecular weight is 624 g/mol. The van der Waals surface area contributed by atoms with Crippen LogP contribution in [0, 0.1) is 5.92 Å². The number of fused-ring (bicyclic) bond motifs is 2. The number of nitrogens with zero attached hydrogens (tertiary/aromatic N) is 3. The summed E-state index contributed by atoms with van der Waals surface area (Å²) in [6.07, 6.45) is 4.50. The van der Waals surface area contributed by atoms with Crippen molar-refractivity contribution in [2.75, 3.05) is 6.54 Å². The molecule has 1 aliphatic carbocycles. The Labute approximate surface area is 252 Å². The van der Waals surface area contributed by atoms with E-state index in [9.17, 15) is 22.8 Å². The molecule has 1 saturated carbocycles. The number of imide groups is 1. The lowest BCUT2D eigenvalue weighted by atomic mass is 9.77. The van der Waals surface area contributed by atoms with Crippen molar-refractivity contribution >= 4 is 62.7 Å². The van der Waals surface area contributed by atoms with Gasteiger partial charge in [-0.3, -0.25) is 19.3 Å². The number of rotatable bonds is 5. The van der Waals surface area contributed by atoms with Gasteiger partial charge in [-0.1, -0.05) is 47.5 Å². The summed E-state index contributed by atoms with van der Waals surface area (Å²) < 4.78 is 23.6. The third-order valence-corrected chi connectivity index (χ3v) is 9.16. The first-order valence-electron chi connectivity index (χ1n) is 13.2. The first-order chi connectivity index (χ1) is 20.0. The molecule has 0 bridgehead atoms. The monoisotopic (exact) mass is 622 g/mol. The molecule has 3 aromatic carbocycles. The number of nitrogens with two attached hydrogens (primary N) is 1. The fraction of sp³-hybridized carbons (Fsp3) is 0.200. The molecule has 9 nitrogen and oxygen atoms in total. The molecule has 2 N–H and O–H groups in total. The van der Waals surface area contributed by atoms with Crippen molar-refractivity contribution in [3.63, 3.8) is 0 Å². The molecule has 0 spiro atoms. The van der Waals surface area contributed by atoms with Crippen molar-refractivity contribution in [1.29, 1.82) is 0 Å². The number of allylic oxidation sites excluding steroid dienone is 1. The number of halogens is 2. The largest absolute Gasteiger partial charge is 0.271 e. The second kappa shape index (κ2) is 10.8. The minimum Gasteiger partial charge on any atom is -0.271 e. The zero-order valence-electron chi connectivity index (χ0n) is 22.0. The Morgan fingerprint density at radius 1 is 0.952 bits per heavy atom. The van der Waals surface area contributed by atoms with E-state index in [2.05, 4.69) is 0 Å². The Kier molecular flexibility index (Phi) is 7.26. The maximum atomic E-state index is 13.9. The van der Waals surface area contributed by atoms with Crippen LogP contribution in [0.15, 0.2) is 82.3 Å². The Morgan fingerprint density at radius 2 is 1.60 bits per heavy atom. The number of hydrogen-bond acceptors (Lipinski definition) is 6. The zero-order chi connectivity index (χ0) is 29.8. The molecule has 0 saturated heterocycles. The third-order valence-electron chi connectivity index (χ3n) is 7.74. The van der Waals surface area contributed by atoms with E-state index in [0.717, 1.165) is 58.7 Å². The molecule has 2 atom stereocenters. The third kappa shape index (κ3) is 5.15. The van der Waals surface area contributed by atoms with E-state index in [1.807, 2.05) is 42.5 Å². The standard InChI is InChI=1S/C30H24Cl2N4O5S/c31-20-8-4-17(5-9-20)14-19-2-1-3-24-27(19)34-36(28(24)18-6-10-21(32)11-7-18)26(37)16-35-29(38)23-13-12-22(42(33,40)41)15-25(23)30(35)39/h4-15,24,28H,1-3,16H2,(H2,33,40,41)/b19-14-. The summed E-state index contributed by atoms with van der Waals surface area (Å²) >= 11 is 12.2. The molecule has 42 heavy (non-hydrogen) atoms. The smallest absolute Gasteiger partial charge is 0.263 e. The van der Waals surface area contributed by atoms with Crippen molar-refractivity contribution < 1.29 is 22.8 Å². The van der Waals surface area contributed by atoms with Crippen molar-refractivity contribution in [3.8, 4) is 0 Å². The van der Waals surface area contributed by atoms with E-state index in [-0.39, 0.29) is 21.9 Å². The van der Waals surface area contributed by atoms with Crippen LogP contribution in [0.25, 0.3) is 6.08 Å². The van der Waals surface area contributed by atoms with Crippen LogP contribution in [0.2, 0.25) is 10.0 Å². The van der Waals surface area contributed by atoms with E-state index in [1.54, 1.807) is 12.1 Å². The normalized spacial score (nSPS) is 21.0. The number of sulfonamides is 1. The summed E-state index contributed by atoms with van der Waals surface area (Å²) in [4.78, 5) is 40.7. The van der Waals surface area contributed by atoms with Crippen molar-refractivity contribution in [2.45, 2.75) is 30.2 Å². The molecule has 0 aromatic heterocycles. The molecule has 214 valence electrons. The molecule has 3 aliphatic rings. The van der Waals surface area contributed by atoms with Crippen LogP contribution >= 0.6 is 23.2 Å². The number of primary sulfonamides is 1. The van der Waals surface area contributed by atoms with Crippen LogP contribution in [-0.4, -0.2) is 48.3 Å². The lowest BCUT2D eigenvalue weighted by Gasteiger charge is -2.30. The highest BCUT2D eigenvalue weighted by atomic mass is 35.5. The van der Waals surface area contributed by atoms with Gasteiger partial charge < -0.3 is 0 Å². The van der Waals surface area contributed by atoms with E-state index in [4.69, 9.17) is 33.4 Å². The molecule has 1 fully saturated rings. The maximum Gasteiger partial charge on any atom is 0.263 e. The van der Waals surface area contributed by atoms with Crippen molar-refractivity contribution in [2.24, 2.45) is 16.2 Å². The van der Waals surface area contributed by atoms with Crippen LogP contribution < -0.4 is 5.14 Å². The summed E-state index contributed by atoms with van der Waals surface area (Å²) in [5.74, 6) is -2.13. The number of carbonyl (C=O) groups excluding carboxylic acids is 3. The number of amides is 3. The summed E-state index contributed by atoms with van der Waals surface area (Å²) in [5.41, 5.74) is 3.44. The van der Waals surface area contributed by atoms with E-state index in [1.165, 1.54) is 11.1 Å². The summed E-state index contributed by atoms with van der Waals surface area (Å²) in [6, 6.07) is 17.6. The van der Waals surface area contributed by atoms with E-state index in [0.29, 0.717) is 10.0 Å². The first-order valence-corrected chi connectivity index (χ1v) is 15.5. The number of carbonyl (C=O) groups is 3. The van der Waals surface area contributed by atoms with E-state index >= 15 is 0 Å². The SMILES string of the molecule is NS(=O)(=O)c1ccc2c(c1)C(=O)N(CC(=O)N1N=C3/C(=C\c4ccc(Cl)cc4)CCCC3C1c1ccc(Cl)cc1)C2=O. The van der Waals surface area contributed by atoms with Gasteiger partial charge in [0.2, 0.25) is 10.0 Å². The van der Waals surface area contributed by atoms with Crippen LogP contribution in [0.3, 0.4) is 0 Å². The minimum absolute atomic E-state index is 0.00374. The average Bonchev–Trinajstić information content (AvgIpc) is 3.46. The molecular weight excluding hydrogens is 599 g/mol.